The highest BCUT2D eigenvalue weighted by molar-refractivity contribution is 9.10. The molecule has 0 fully saturated rings. The van der Waals surface area contributed by atoms with Gasteiger partial charge < -0.3 is 10.6 Å². The molecule has 0 radical (unpaired) electrons. The molecule has 1 aromatic heterocycles. The minimum atomic E-state index is -0.305. The molecular weight excluding hydrogens is 483 g/mol. The lowest BCUT2D eigenvalue weighted by Crippen LogP contribution is -2.22. The van der Waals surface area contributed by atoms with Gasteiger partial charge in [0.25, 0.3) is 5.91 Å². The molecule has 4 aromatic rings. The van der Waals surface area contributed by atoms with E-state index in [-0.39, 0.29) is 17.8 Å². The van der Waals surface area contributed by atoms with Gasteiger partial charge in [-0.1, -0.05) is 52.3 Å². The summed E-state index contributed by atoms with van der Waals surface area (Å²) < 4.78 is 16.3. The lowest BCUT2D eigenvalue weighted by molar-refractivity contribution is 0.102. The van der Waals surface area contributed by atoms with Crippen LogP contribution >= 0.6 is 15.9 Å². The summed E-state index contributed by atoms with van der Waals surface area (Å²) in [7, 11) is 0. The zero-order chi connectivity index (χ0) is 22.9. The predicted octanol–water partition coefficient (Wildman–Crippen LogP) is 6.40. The first-order valence-corrected chi connectivity index (χ1v) is 11.2. The Kier molecular flexibility index (Phi) is 5.56. The Morgan fingerprint density at radius 2 is 1.85 bits per heavy atom. The average Bonchev–Trinajstić information content (AvgIpc) is 3.24. The molecule has 1 unspecified atom stereocenters. The first-order valence-electron chi connectivity index (χ1n) is 10.4. The number of benzene rings is 3. The van der Waals surface area contributed by atoms with Crippen molar-refractivity contribution in [2.24, 2.45) is 0 Å². The molecule has 5 nitrogen and oxygen atoms in total. The number of halogens is 2. The van der Waals surface area contributed by atoms with E-state index in [0.717, 1.165) is 32.5 Å². The highest BCUT2D eigenvalue weighted by atomic mass is 79.9. The quantitative estimate of drug-likeness (QED) is 0.339. The number of hydrogen-bond donors (Lipinski definition) is 2. The van der Waals surface area contributed by atoms with Crippen LogP contribution in [0.5, 0.6) is 0 Å². The molecule has 0 bridgehead atoms. The zero-order valence-corrected chi connectivity index (χ0v) is 19.3. The molecule has 3 aromatic carbocycles. The zero-order valence-electron chi connectivity index (χ0n) is 17.7. The van der Waals surface area contributed by atoms with Gasteiger partial charge in [0.05, 0.1) is 12.2 Å². The number of rotatable bonds is 4. The van der Waals surface area contributed by atoms with Crippen molar-refractivity contribution in [2.45, 2.75) is 13.0 Å². The van der Waals surface area contributed by atoms with Gasteiger partial charge >= 0.3 is 0 Å². The van der Waals surface area contributed by atoms with E-state index in [2.05, 4.69) is 31.7 Å². The summed E-state index contributed by atoms with van der Waals surface area (Å²) in [5.41, 5.74) is 4.86. The molecule has 1 atom stereocenters. The highest BCUT2D eigenvalue weighted by Gasteiger charge is 2.28. The molecule has 33 heavy (non-hydrogen) atoms. The molecule has 1 aliphatic heterocycles. The molecule has 0 saturated heterocycles. The second-order valence-corrected chi connectivity index (χ2v) is 8.80. The van der Waals surface area contributed by atoms with Crippen LogP contribution in [0.2, 0.25) is 0 Å². The van der Waals surface area contributed by atoms with Crippen LogP contribution in [0.25, 0.3) is 5.70 Å². The molecule has 0 saturated carbocycles. The number of nitrogens with zero attached hydrogens (tertiary/aromatic N) is 2. The minimum absolute atomic E-state index is 0.260. The minimum Gasteiger partial charge on any atom is -0.339 e. The summed E-state index contributed by atoms with van der Waals surface area (Å²) in [5.74, 6) is 0.0165. The van der Waals surface area contributed by atoms with Crippen molar-refractivity contribution < 1.29 is 9.18 Å². The number of aryl methyl sites for hydroxylation is 1. The highest BCUT2D eigenvalue weighted by Crippen LogP contribution is 2.35. The Bertz CT molecular complexity index is 1360. The van der Waals surface area contributed by atoms with Crippen LogP contribution in [0.4, 0.5) is 15.9 Å². The third-order valence-electron chi connectivity index (χ3n) is 5.52. The summed E-state index contributed by atoms with van der Waals surface area (Å²) >= 11 is 3.47. The van der Waals surface area contributed by atoms with E-state index in [1.807, 2.05) is 61.5 Å². The van der Waals surface area contributed by atoms with Gasteiger partial charge in [-0.2, -0.15) is 5.10 Å². The molecular formula is C26H20BrFN4O. The summed E-state index contributed by atoms with van der Waals surface area (Å²) in [6.45, 7) is 1.97. The van der Waals surface area contributed by atoms with E-state index in [9.17, 15) is 9.18 Å². The Morgan fingerprint density at radius 1 is 1.09 bits per heavy atom. The van der Waals surface area contributed by atoms with Gasteiger partial charge in [-0.25, -0.2) is 9.07 Å². The van der Waals surface area contributed by atoms with Gasteiger partial charge in [-0.15, -0.1) is 0 Å². The van der Waals surface area contributed by atoms with Crippen LogP contribution < -0.4 is 10.6 Å². The van der Waals surface area contributed by atoms with Crippen molar-refractivity contribution in [3.63, 3.8) is 0 Å². The summed E-state index contributed by atoms with van der Waals surface area (Å²) in [6, 6.07) is 21.6. The van der Waals surface area contributed by atoms with Crippen molar-refractivity contribution in [1.29, 1.82) is 0 Å². The summed E-state index contributed by atoms with van der Waals surface area (Å²) in [5, 5.41) is 10.8. The molecule has 1 aliphatic rings. The lowest BCUT2D eigenvalue weighted by atomic mass is 10.0. The van der Waals surface area contributed by atoms with Gasteiger partial charge in [0.1, 0.15) is 17.2 Å². The molecule has 2 N–H and O–H groups in total. The second kappa shape index (κ2) is 8.67. The number of hydrogen-bond acceptors (Lipinski definition) is 3. The van der Waals surface area contributed by atoms with Crippen LogP contribution in [0.3, 0.4) is 0 Å². The van der Waals surface area contributed by atoms with Crippen molar-refractivity contribution in [1.82, 2.24) is 9.78 Å². The van der Waals surface area contributed by atoms with Gasteiger partial charge in [-0.3, -0.25) is 4.79 Å². The van der Waals surface area contributed by atoms with E-state index in [1.54, 1.807) is 23.0 Å². The number of aromatic nitrogens is 2. The molecule has 5 rings (SSSR count). The van der Waals surface area contributed by atoms with Crippen LogP contribution in [0.15, 0.2) is 89.5 Å². The summed E-state index contributed by atoms with van der Waals surface area (Å²) in [4.78, 5) is 13.2. The maximum Gasteiger partial charge on any atom is 0.261 e. The number of anilines is 2. The second-order valence-electron chi connectivity index (χ2n) is 7.88. The number of nitrogens with one attached hydrogen (secondary N) is 2. The molecule has 0 aliphatic carbocycles. The van der Waals surface area contributed by atoms with E-state index >= 15 is 0 Å². The first-order chi connectivity index (χ1) is 16.0. The Hall–Kier alpha value is -3.71. The van der Waals surface area contributed by atoms with Gasteiger partial charge in [0.2, 0.25) is 0 Å². The maximum absolute atomic E-state index is 13.6. The van der Waals surface area contributed by atoms with Gasteiger partial charge in [0, 0.05) is 15.9 Å². The van der Waals surface area contributed by atoms with Crippen molar-refractivity contribution in [3.8, 4) is 0 Å². The predicted molar refractivity (Wildman–Crippen MR) is 132 cm³/mol. The maximum atomic E-state index is 13.6. The normalized spacial score (nSPS) is 14.8. The number of fused-ring (bicyclic) bond motifs is 1. The standard InChI is InChI=1S/C26H20BrFN4O/c1-16-3-2-4-21(13-16)30-26(33)22-15-29-32-24(18-7-11-20(28)12-8-18)14-23(31-25(22)32)17-5-9-19(27)10-6-17/h2-15,24,31H,1H3,(H,30,33). The fraction of sp³-hybridized carbons (Fsp3) is 0.0769. The number of carbonyl (C=O) groups is 1. The topological polar surface area (TPSA) is 59.0 Å². The van der Waals surface area contributed by atoms with Crippen molar-refractivity contribution in [2.75, 3.05) is 10.6 Å². The van der Waals surface area contributed by atoms with Crippen LogP contribution in [0.1, 0.15) is 33.1 Å². The first kappa shape index (κ1) is 21.2. The number of carbonyl (C=O) groups excluding carboxylic acids is 1. The average molecular weight is 503 g/mol. The van der Waals surface area contributed by atoms with E-state index in [0.29, 0.717) is 11.4 Å². The molecule has 164 valence electrons. The Morgan fingerprint density at radius 3 is 2.58 bits per heavy atom. The number of allylic oxidation sites excluding steroid dienone is 1. The summed E-state index contributed by atoms with van der Waals surface area (Å²) in [6.07, 6.45) is 3.58. The largest absolute Gasteiger partial charge is 0.339 e. The molecule has 0 spiro atoms. The fourth-order valence-electron chi connectivity index (χ4n) is 3.88. The van der Waals surface area contributed by atoms with Crippen molar-refractivity contribution in [3.05, 3.63) is 118 Å². The lowest BCUT2D eigenvalue weighted by Gasteiger charge is -2.26. The fourth-order valence-corrected chi connectivity index (χ4v) is 4.14. The Labute approximate surface area is 199 Å². The molecule has 1 amide bonds. The monoisotopic (exact) mass is 502 g/mol. The van der Waals surface area contributed by atoms with Crippen LogP contribution in [0, 0.1) is 12.7 Å². The third kappa shape index (κ3) is 4.32. The third-order valence-corrected chi connectivity index (χ3v) is 6.05. The van der Waals surface area contributed by atoms with E-state index in [4.69, 9.17) is 0 Å². The van der Waals surface area contributed by atoms with E-state index < -0.39 is 0 Å². The molecule has 7 heteroatoms. The van der Waals surface area contributed by atoms with E-state index in [1.165, 1.54) is 12.1 Å². The van der Waals surface area contributed by atoms with Gasteiger partial charge in [0.15, 0.2) is 0 Å². The Balaban J connectivity index is 1.55. The smallest absolute Gasteiger partial charge is 0.261 e. The van der Waals surface area contributed by atoms with Crippen LogP contribution in [-0.2, 0) is 0 Å². The van der Waals surface area contributed by atoms with Gasteiger partial charge in [-0.05, 0) is 66.1 Å². The molecule has 2 heterocycles. The SMILES string of the molecule is Cc1cccc(NC(=O)c2cnn3c2NC(c2ccc(Br)cc2)=CC3c2ccc(F)cc2)c1. The number of amides is 1. The van der Waals surface area contributed by atoms with Crippen LogP contribution in [-0.4, -0.2) is 15.7 Å². The van der Waals surface area contributed by atoms with Crippen molar-refractivity contribution >= 4 is 39.0 Å².